The summed E-state index contributed by atoms with van der Waals surface area (Å²) in [4.78, 5) is 22.4. The Labute approximate surface area is 205 Å². The number of hydrogen-bond acceptors (Lipinski definition) is 5. The van der Waals surface area contributed by atoms with Gasteiger partial charge in [0.1, 0.15) is 17.3 Å². The van der Waals surface area contributed by atoms with Crippen molar-refractivity contribution in [3.05, 3.63) is 89.7 Å². The van der Waals surface area contributed by atoms with E-state index in [1.807, 2.05) is 17.0 Å². The Balaban J connectivity index is 1.29. The number of nitrogens with zero attached hydrogens (tertiary/aromatic N) is 4. The fraction of sp³-hybridized carbons (Fsp3) is 0.286. The second-order valence-electron chi connectivity index (χ2n) is 8.76. The predicted octanol–water partition coefficient (Wildman–Crippen LogP) is 4.06. The van der Waals surface area contributed by atoms with E-state index >= 15 is 0 Å². The molecular weight excluding hydrogens is 440 g/mol. The number of amides is 1. The molecule has 1 aliphatic heterocycles. The van der Waals surface area contributed by atoms with Crippen molar-refractivity contribution in [2.75, 3.05) is 40.4 Å². The van der Waals surface area contributed by atoms with Crippen molar-refractivity contribution < 1.29 is 14.3 Å². The maximum atomic E-state index is 13.2. The third-order valence-corrected chi connectivity index (χ3v) is 6.54. The van der Waals surface area contributed by atoms with Gasteiger partial charge in [0.25, 0.3) is 5.91 Å². The summed E-state index contributed by atoms with van der Waals surface area (Å²) >= 11 is 0. The quantitative estimate of drug-likeness (QED) is 0.408. The van der Waals surface area contributed by atoms with Gasteiger partial charge in [0, 0.05) is 44.4 Å². The van der Waals surface area contributed by atoms with Gasteiger partial charge in [-0.1, -0.05) is 42.5 Å². The van der Waals surface area contributed by atoms with Gasteiger partial charge in [-0.15, -0.1) is 0 Å². The molecule has 1 amide bonds. The largest absolute Gasteiger partial charge is 0.497 e. The van der Waals surface area contributed by atoms with Crippen LogP contribution in [-0.4, -0.2) is 65.7 Å². The first-order valence-corrected chi connectivity index (χ1v) is 11.9. The van der Waals surface area contributed by atoms with Gasteiger partial charge < -0.3 is 18.9 Å². The van der Waals surface area contributed by atoms with Crippen LogP contribution in [0.5, 0.6) is 11.5 Å². The Kier molecular flexibility index (Phi) is 6.68. The number of ether oxygens (including phenoxy) is 2. The van der Waals surface area contributed by atoms with Crippen LogP contribution in [0.4, 0.5) is 0 Å². The summed E-state index contributed by atoms with van der Waals surface area (Å²) in [6.07, 6.45) is 0. The monoisotopic (exact) mass is 470 g/mol. The Morgan fingerprint density at radius 3 is 2.17 bits per heavy atom. The predicted molar refractivity (Wildman–Crippen MR) is 136 cm³/mol. The van der Waals surface area contributed by atoms with Gasteiger partial charge in [-0.3, -0.25) is 9.69 Å². The van der Waals surface area contributed by atoms with Crippen LogP contribution in [0.1, 0.15) is 21.7 Å². The zero-order valence-electron chi connectivity index (χ0n) is 20.2. The molecule has 1 aliphatic rings. The first-order chi connectivity index (χ1) is 17.1. The highest BCUT2D eigenvalue weighted by Crippen LogP contribution is 2.24. The smallest absolute Gasteiger partial charge is 0.254 e. The van der Waals surface area contributed by atoms with Gasteiger partial charge in [-0.25, -0.2) is 4.98 Å². The lowest BCUT2D eigenvalue weighted by atomic mass is 10.1. The highest BCUT2D eigenvalue weighted by Gasteiger charge is 2.24. The summed E-state index contributed by atoms with van der Waals surface area (Å²) in [5, 5.41) is 0. The second kappa shape index (κ2) is 10.2. The molecule has 0 bridgehead atoms. The number of carbonyl (C=O) groups excluding carboxylic acids is 1. The molecule has 0 saturated carbocycles. The molecule has 2 heterocycles. The molecule has 4 aromatic rings. The average molecular weight is 471 g/mol. The molecule has 3 aromatic carbocycles. The number of aromatic nitrogens is 2. The number of carbonyl (C=O) groups is 1. The standard InChI is InChI=1S/C28H30N4O3/c1-34-23-16-22(17-24(18-23)35-2)28(33)31-14-12-30(13-15-31)20-27-29-25-10-6-7-11-26(25)32(27)19-21-8-4-3-5-9-21/h3-11,16-18H,12-15,19-20H2,1-2H3. The van der Waals surface area contributed by atoms with Crippen molar-refractivity contribution in [1.82, 2.24) is 19.4 Å². The van der Waals surface area contributed by atoms with Crippen LogP contribution >= 0.6 is 0 Å². The molecule has 0 spiro atoms. The normalized spacial score (nSPS) is 14.3. The van der Waals surface area contributed by atoms with Gasteiger partial charge in [0.05, 0.1) is 31.8 Å². The first-order valence-electron chi connectivity index (χ1n) is 11.9. The minimum Gasteiger partial charge on any atom is -0.497 e. The number of para-hydroxylation sites is 2. The van der Waals surface area contributed by atoms with Crippen molar-refractivity contribution in [3.63, 3.8) is 0 Å². The molecule has 0 radical (unpaired) electrons. The van der Waals surface area contributed by atoms with Gasteiger partial charge in [0.15, 0.2) is 0 Å². The van der Waals surface area contributed by atoms with Crippen molar-refractivity contribution in [2.45, 2.75) is 13.1 Å². The van der Waals surface area contributed by atoms with Crippen molar-refractivity contribution >= 4 is 16.9 Å². The van der Waals surface area contributed by atoms with Crippen LogP contribution < -0.4 is 9.47 Å². The van der Waals surface area contributed by atoms with Gasteiger partial charge in [0.2, 0.25) is 0 Å². The summed E-state index contributed by atoms with van der Waals surface area (Å²) < 4.78 is 13.0. The maximum absolute atomic E-state index is 13.2. The van der Waals surface area contributed by atoms with Crippen LogP contribution in [0.25, 0.3) is 11.0 Å². The number of rotatable bonds is 7. The van der Waals surface area contributed by atoms with E-state index in [0.29, 0.717) is 30.2 Å². The van der Waals surface area contributed by atoms with Crippen molar-refractivity contribution in [3.8, 4) is 11.5 Å². The minimum absolute atomic E-state index is 0.00170. The maximum Gasteiger partial charge on any atom is 0.254 e. The molecule has 0 unspecified atom stereocenters. The van der Waals surface area contributed by atoms with Crippen LogP contribution in [0, 0.1) is 0 Å². The van der Waals surface area contributed by atoms with Gasteiger partial charge in [-0.2, -0.15) is 0 Å². The Morgan fingerprint density at radius 2 is 1.49 bits per heavy atom. The zero-order valence-corrected chi connectivity index (χ0v) is 20.2. The first kappa shape index (κ1) is 22.9. The lowest BCUT2D eigenvalue weighted by Gasteiger charge is -2.34. The van der Waals surface area contributed by atoms with Crippen molar-refractivity contribution in [2.24, 2.45) is 0 Å². The molecular formula is C28H30N4O3. The van der Waals surface area contributed by atoms with E-state index in [1.165, 1.54) is 5.56 Å². The van der Waals surface area contributed by atoms with E-state index in [9.17, 15) is 4.79 Å². The van der Waals surface area contributed by atoms with E-state index in [4.69, 9.17) is 14.5 Å². The summed E-state index contributed by atoms with van der Waals surface area (Å²) in [6.45, 7) is 4.45. The van der Waals surface area contributed by atoms with Crippen LogP contribution in [0.2, 0.25) is 0 Å². The van der Waals surface area contributed by atoms with Gasteiger partial charge in [-0.05, 0) is 29.8 Å². The lowest BCUT2D eigenvalue weighted by Crippen LogP contribution is -2.48. The van der Waals surface area contributed by atoms with Gasteiger partial charge >= 0.3 is 0 Å². The van der Waals surface area contributed by atoms with Crippen LogP contribution in [0.3, 0.4) is 0 Å². The number of imidazole rings is 1. The van der Waals surface area contributed by atoms with Crippen molar-refractivity contribution in [1.29, 1.82) is 0 Å². The summed E-state index contributed by atoms with van der Waals surface area (Å²) in [6, 6.07) is 24.1. The fourth-order valence-electron chi connectivity index (χ4n) is 4.61. The van der Waals surface area contributed by atoms with E-state index in [1.54, 1.807) is 32.4 Å². The molecule has 7 nitrogen and oxygen atoms in total. The summed E-state index contributed by atoms with van der Waals surface area (Å²) in [5.74, 6) is 2.28. The molecule has 1 saturated heterocycles. The molecule has 0 aliphatic carbocycles. The van der Waals surface area contributed by atoms with E-state index in [2.05, 4.69) is 51.9 Å². The fourth-order valence-corrected chi connectivity index (χ4v) is 4.61. The Hall–Kier alpha value is -3.84. The molecule has 0 atom stereocenters. The van der Waals surface area contributed by atoms with E-state index in [0.717, 1.165) is 43.0 Å². The third-order valence-electron chi connectivity index (χ3n) is 6.54. The van der Waals surface area contributed by atoms with Crippen LogP contribution in [0.15, 0.2) is 72.8 Å². The summed E-state index contributed by atoms with van der Waals surface area (Å²) in [7, 11) is 3.18. The molecule has 7 heteroatoms. The number of methoxy groups -OCH3 is 2. The second-order valence-corrected chi connectivity index (χ2v) is 8.76. The molecule has 1 aromatic heterocycles. The molecule has 180 valence electrons. The molecule has 0 N–H and O–H groups in total. The SMILES string of the molecule is COc1cc(OC)cc(C(=O)N2CCN(Cc3nc4ccccc4n3Cc3ccccc3)CC2)c1. The Bertz CT molecular complexity index is 1290. The van der Waals surface area contributed by atoms with E-state index in [-0.39, 0.29) is 5.91 Å². The number of fused-ring (bicyclic) bond motifs is 1. The molecule has 5 rings (SSSR count). The van der Waals surface area contributed by atoms with E-state index < -0.39 is 0 Å². The lowest BCUT2D eigenvalue weighted by molar-refractivity contribution is 0.0623. The minimum atomic E-state index is -0.00170. The zero-order chi connectivity index (χ0) is 24.2. The topological polar surface area (TPSA) is 59.8 Å². The highest BCUT2D eigenvalue weighted by atomic mass is 16.5. The highest BCUT2D eigenvalue weighted by molar-refractivity contribution is 5.95. The third kappa shape index (κ3) is 5.00. The summed E-state index contributed by atoms with van der Waals surface area (Å²) in [5.41, 5.74) is 3.99. The Morgan fingerprint density at radius 1 is 0.829 bits per heavy atom. The number of hydrogen-bond donors (Lipinski definition) is 0. The van der Waals surface area contributed by atoms with Crippen LogP contribution in [-0.2, 0) is 13.1 Å². The number of benzene rings is 3. The average Bonchev–Trinajstić information content (AvgIpc) is 3.25. The molecule has 1 fully saturated rings. The number of piperazine rings is 1. The molecule has 35 heavy (non-hydrogen) atoms.